The van der Waals surface area contributed by atoms with Crippen molar-refractivity contribution in [2.45, 2.75) is 193 Å². The van der Waals surface area contributed by atoms with Gasteiger partial charge < -0.3 is 43.3 Å². The van der Waals surface area contributed by atoms with E-state index in [0.29, 0.717) is 40.4 Å². The minimum atomic E-state index is -2.88. The fraction of sp³-hybridized carbons (Fsp3) is 0.618. The number of fused-ring (bicyclic) bond motifs is 5. The standard InChI is InChI=1S/C55H79NO13Si2/c1-16-33(5)48(60)56-42(36-26-22-20-23-27-36)44(68-70(14,15)51(8,9)10)50(62)65-38-31-55(63)47(66-49(61)37-28-24-21-25-29-37)45-53(13,39(58)30-40-54(45,32-64-40)67-35(7)57)46(59)43(41(34(38)6)52(55,11)12)69-71(17-2,18-3)19-4/h16,20-29,38-40,42-45,47,58,63H,17-19,30-32H2,1-15H3,(H,56,60)/t38-,39-,40+,42-,43+,44+,45?,47-,53+,54-,55+/m0/s1. The second-order valence-electron chi connectivity index (χ2n) is 22.6. The van der Waals surface area contributed by atoms with E-state index in [2.05, 4.69) is 5.32 Å². The number of amides is 1. The van der Waals surface area contributed by atoms with Gasteiger partial charge in [0.25, 0.3) is 0 Å². The number of benzene rings is 2. The lowest BCUT2D eigenvalue weighted by Crippen LogP contribution is -2.82. The van der Waals surface area contributed by atoms with Crippen LogP contribution in [0.4, 0.5) is 0 Å². The number of hydrogen-bond acceptors (Lipinski definition) is 13. The third kappa shape index (κ3) is 9.83. The summed E-state index contributed by atoms with van der Waals surface area (Å²) in [6, 6.07) is 18.1. The molecule has 3 aliphatic carbocycles. The van der Waals surface area contributed by atoms with Crippen LogP contribution in [0.1, 0.15) is 125 Å². The monoisotopic (exact) mass is 1020 g/mol. The van der Waals surface area contributed by atoms with E-state index < -0.39 is 122 Å². The van der Waals surface area contributed by atoms with Crippen molar-refractivity contribution < 1.29 is 62.0 Å². The van der Waals surface area contributed by atoms with Crippen molar-refractivity contribution in [2.75, 3.05) is 6.61 Å². The van der Waals surface area contributed by atoms with Gasteiger partial charge in [0.2, 0.25) is 5.91 Å². The van der Waals surface area contributed by atoms with Gasteiger partial charge in [-0.15, -0.1) is 0 Å². The van der Waals surface area contributed by atoms with Gasteiger partial charge in [0.15, 0.2) is 34.1 Å². The second kappa shape index (κ2) is 20.5. The summed E-state index contributed by atoms with van der Waals surface area (Å²) in [5.41, 5.74) is -5.38. The van der Waals surface area contributed by atoms with E-state index in [-0.39, 0.29) is 25.0 Å². The highest BCUT2D eigenvalue weighted by molar-refractivity contribution is 6.74. The maximum Gasteiger partial charge on any atom is 0.338 e. The molecule has 1 amide bonds. The molecular weight excluding hydrogens is 939 g/mol. The van der Waals surface area contributed by atoms with Gasteiger partial charge in [-0.2, -0.15) is 0 Å². The van der Waals surface area contributed by atoms with Crippen molar-refractivity contribution in [2.24, 2.45) is 16.7 Å². The normalized spacial score (nSPS) is 30.5. The summed E-state index contributed by atoms with van der Waals surface area (Å²) in [6.07, 6.45) is -7.03. The molecule has 390 valence electrons. The minimum Gasteiger partial charge on any atom is -0.456 e. The molecule has 1 unspecified atom stereocenters. The molecule has 2 bridgehead atoms. The fourth-order valence-electron chi connectivity index (χ4n) is 11.4. The summed E-state index contributed by atoms with van der Waals surface area (Å²) in [5, 5.41) is 29.5. The van der Waals surface area contributed by atoms with Gasteiger partial charge in [-0.3, -0.25) is 14.4 Å². The van der Waals surface area contributed by atoms with Crippen LogP contribution < -0.4 is 5.32 Å². The Labute approximate surface area is 422 Å². The van der Waals surface area contributed by atoms with Gasteiger partial charge in [-0.1, -0.05) is 110 Å². The van der Waals surface area contributed by atoms with Crippen LogP contribution in [0, 0.1) is 16.7 Å². The molecule has 1 aliphatic heterocycles. The average Bonchev–Trinajstić information content (AvgIpc) is 3.32. The Bertz CT molecular complexity index is 2390. The van der Waals surface area contributed by atoms with Gasteiger partial charge in [0.1, 0.15) is 30.0 Å². The maximum atomic E-state index is 16.4. The predicted octanol–water partition coefficient (Wildman–Crippen LogP) is 8.88. The van der Waals surface area contributed by atoms with Crippen LogP contribution in [0.3, 0.4) is 0 Å². The van der Waals surface area contributed by atoms with E-state index >= 15 is 9.59 Å². The molecule has 14 nitrogen and oxygen atoms in total. The first-order chi connectivity index (χ1) is 33.1. The molecule has 6 rings (SSSR count). The third-order valence-electron chi connectivity index (χ3n) is 17.5. The van der Waals surface area contributed by atoms with Gasteiger partial charge >= 0.3 is 17.9 Å². The van der Waals surface area contributed by atoms with Gasteiger partial charge in [0.05, 0.1) is 35.6 Å². The highest BCUT2D eigenvalue weighted by atomic mass is 28.4. The quantitative estimate of drug-likeness (QED) is 0.0475. The van der Waals surface area contributed by atoms with Gasteiger partial charge in [-0.05, 0) is 92.8 Å². The van der Waals surface area contributed by atoms with Crippen LogP contribution >= 0.6 is 0 Å². The van der Waals surface area contributed by atoms with Crippen LogP contribution in [0.25, 0.3) is 0 Å². The molecular formula is C55H79NO13Si2. The van der Waals surface area contributed by atoms with E-state index in [0.717, 1.165) is 0 Å². The molecule has 1 heterocycles. The van der Waals surface area contributed by atoms with Crippen LogP contribution in [0.15, 0.2) is 83.5 Å². The smallest absolute Gasteiger partial charge is 0.338 e. The predicted molar refractivity (Wildman–Crippen MR) is 274 cm³/mol. The molecule has 71 heavy (non-hydrogen) atoms. The number of Topliss-reactive ketones (excluding diaryl/α,β-unsaturated/α-hetero) is 1. The third-order valence-corrected chi connectivity index (χ3v) is 26.5. The number of allylic oxidation sites excluding steroid dienone is 1. The Morgan fingerprint density at radius 3 is 2.01 bits per heavy atom. The largest absolute Gasteiger partial charge is 0.456 e. The van der Waals surface area contributed by atoms with Crippen LogP contribution in [0.2, 0.25) is 36.3 Å². The fourth-order valence-corrected chi connectivity index (χ4v) is 15.4. The number of aliphatic hydroxyl groups excluding tert-OH is 1. The molecule has 0 aromatic heterocycles. The van der Waals surface area contributed by atoms with Crippen molar-refractivity contribution in [3.63, 3.8) is 0 Å². The number of hydrogen-bond donors (Lipinski definition) is 3. The molecule has 0 spiro atoms. The number of nitrogens with one attached hydrogen (secondary N) is 1. The topological polar surface area (TPSA) is 193 Å². The number of carbonyl (C=O) groups excluding carboxylic acids is 5. The Balaban J connectivity index is 1.65. The van der Waals surface area contributed by atoms with E-state index in [1.54, 1.807) is 90.1 Å². The van der Waals surface area contributed by atoms with Gasteiger partial charge in [-0.25, -0.2) is 9.59 Å². The van der Waals surface area contributed by atoms with Gasteiger partial charge in [0, 0.05) is 30.8 Å². The van der Waals surface area contributed by atoms with Crippen molar-refractivity contribution in [3.8, 4) is 0 Å². The first-order valence-corrected chi connectivity index (χ1v) is 30.8. The molecule has 16 heteroatoms. The number of esters is 3. The molecule has 0 radical (unpaired) electrons. The Morgan fingerprint density at radius 2 is 1.51 bits per heavy atom. The zero-order valence-corrected chi connectivity index (χ0v) is 46.6. The number of ether oxygens (including phenoxy) is 4. The summed E-state index contributed by atoms with van der Waals surface area (Å²) < 4.78 is 40.2. The zero-order valence-electron chi connectivity index (χ0n) is 44.6. The first kappa shape index (κ1) is 56.0. The number of ketones is 1. The lowest BCUT2D eigenvalue weighted by atomic mass is 9.44. The van der Waals surface area contributed by atoms with E-state index in [1.165, 1.54) is 6.92 Å². The lowest BCUT2D eigenvalue weighted by Gasteiger charge is -2.67. The minimum absolute atomic E-state index is 0.0988. The number of rotatable bonds is 16. The highest BCUT2D eigenvalue weighted by Crippen LogP contribution is 2.65. The molecule has 3 N–H and O–H groups in total. The average molecular weight is 1020 g/mol. The Hall–Kier alpha value is -4.30. The van der Waals surface area contributed by atoms with Crippen molar-refractivity contribution in [1.82, 2.24) is 5.32 Å². The van der Waals surface area contributed by atoms with Crippen molar-refractivity contribution >= 4 is 46.2 Å². The molecule has 1 saturated heterocycles. The van der Waals surface area contributed by atoms with E-state index in [1.807, 2.05) is 72.8 Å². The zero-order chi connectivity index (χ0) is 52.9. The van der Waals surface area contributed by atoms with Crippen molar-refractivity contribution in [3.05, 3.63) is 94.6 Å². The molecule has 4 aliphatic rings. The van der Waals surface area contributed by atoms with Crippen LogP contribution in [0.5, 0.6) is 0 Å². The van der Waals surface area contributed by atoms with Crippen LogP contribution in [-0.2, 0) is 47.0 Å². The molecule has 11 atom stereocenters. The summed E-state index contributed by atoms with van der Waals surface area (Å²) in [7, 11) is -5.68. The first-order valence-electron chi connectivity index (χ1n) is 25.3. The Kier molecular flexibility index (Phi) is 16.2. The maximum absolute atomic E-state index is 16.4. The summed E-state index contributed by atoms with van der Waals surface area (Å²) in [6.45, 7) is 27.6. The number of carbonyl (C=O) groups is 5. The van der Waals surface area contributed by atoms with Crippen LogP contribution in [-0.4, -0.2) is 111 Å². The van der Waals surface area contributed by atoms with E-state index in [4.69, 9.17) is 27.8 Å². The summed E-state index contributed by atoms with van der Waals surface area (Å²) >= 11 is 0. The highest BCUT2D eigenvalue weighted by Gasteiger charge is 2.78. The number of aliphatic hydroxyl groups is 2. The Morgan fingerprint density at radius 1 is 0.930 bits per heavy atom. The molecule has 2 saturated carbocycles. The SMILES string of the molecule is CC=C(C)C(=O)N[C@@H](c1ccccc1)[C@@H](O[Si](C)(C)C(C)(C)C)C(=O)O[C@H]1C[C@@]2(O)[C@@H](OC(=O)c3ccccc3)C3[C@](C)(C(=O)[C@H](O[Si](CC)(CC)CC)C(=C1C)C2(C)C)[C@@H](O)C[C@H]1OC[C@@]31OC(C)=O. The molecule has 2 aromatic rings. The summed E-state index contributed by atoms with van der Waals surface area (Å²) in [4.78, 5) is 73.8. The van der Waals surface area contributed by atoms with E-state index in [9.17, 15) is 24.6 Å². The lowest BCUT2D eigenvalue weighted by molar-refractivity contribution is -0.345. The second-order valence-corrected chi connectivity index (χ2v) is 32.0. The summed E-state index contributed by atoms with van der Waals surface area (Å²) in [5.74, 6) is -4.75. The molecule has 2 aromatic carbocycles. The van der Waals surface area contributed by atoms with Crippen molar-refractivity contribution in [1.29, 1.82) is 0 Å². The molecule has 3 fully saturated rings.